The van der Waals surface area contributed by atoms with Crippen molar-refractivity contribution in [3.05, 3.63) is 93.2 Å². The molecule has 7 heteroatoms. The van der Waals surface area contributed by atoms with Crippen molar-refractivity contribution in [2.45, 2.75) is 18.7 Å². The molecule has 3 aromatic carbocycles. The van der Waals surface area contributed by atoms with E-state index in [0.717, 1.165) is 22.6 Å². The molecule has 2 heterocycles. The first kappa shape index (κ1) is 19.2. The standard InChI is InChI=1S/C23H17Cl2FN2O2/c1-29-16-6-2-13(3-7-16)20-12-21-18-10-14(24)4-9-22(18)30-23(28(21)27-20)17-11-15(26)5-8-19(17)25/h2-11,21,23H,12H2,1H3/t21-,23+/m1/s1. The van der Waals surface area contributed by atoms with Gasteiger partial charge >= 0.3 is 0 Å². The lowest BCUT2D eigenvalue weighted by molar-refractivity contribution is -0.0191. The summed E-state index contributed by atoms with van der Waals surface area (Å²) in [4.78, 5) is 0. The van der Waals surface area contributed by atoms with Gasteiger partial charge in [-0.3, -0.25) is 0 Å². The molecule has 0 N–H and O–H groups in total. The summed E-state index contributed by atoms with van der Waals surface area (Å²) < 4.78 is 25.5. The van der Waals surface area contributed by atoms with Crippen molar-refractivity contribution >= 4 is 28.9 Å². The number of fused-ring (bicyclic) bond motifs is 3. The highest BCUT2D eigenvalue weighted by Crippen LogP contribution is 2.49. The third kappa shape index (κ3) is 3.28. The van der Waals surface area contributed by atoms with E-state index in [1.165, 1.54) is 18.2 Å². The molecule has 0 unspecified atom stereocenters. The first-order valence-corrected chi connectivity index (χ1v) is 10.2. The van der Waals surface area contributed by atoms with Crippen LogP contribution >= 0.6 is 23.2 Å². The van der Waals surface area contributed by atoms with Crippen LogP contribution in [0.25, 0.3) is 0 Å². The number of hydrazone groups is 1. The number of nitrogens with zero attached hydrogens (tertiary/aromatic N) is 2. The van der Waals surface area contributed by atoms with Gasteiger partial charge in [0.2, 0.25) is 6.23 Å². The Kier molecular flexibility index (Phi) is 4.80. The van der Waals surface area contributed by atoms with Gasteiger partial charge in [-0.25, -0.2) is 9.40 Å². The van der Waals surface area contributed by atoms with Gasteiger partial charge in [-0.2, -0.15) is 5.10 Å². The molecule has 0 aliphatic carbocycles. The maximum atomic E-state index is 14.0. The number of hydrogen-bond acceptors (Lipinski definition) is 4. The molecule has 0 amide bonds. The van der Waals surface area contributed by atoms with Gasteiger partial charge in [0.25, 0.3) is 0 Å². The lowest BCUT2D eigenvalue weighted by Gasteiger charge is -2.38. The van der Waals surface area contributed by atoms with E-state index in [1.54, 1.807) is 13.2 Å². The summed E-state index contributed by atoms with van der Waals surface area (Å²) in [5.41, 5.74) is 3.36. The van der Waals surface area contributed by atoms with Crippen LogP contribution < -0.4 is 9.47 Å². The van der Waals surface area contributed by atoms with E-state index < -0.39 is 6.23 Å². The van der Waals surface area contributed by atoms with Gasteiger partial charge in [0, 0.05) is 27.6 Å². The third-order valence-electron chi connectivity index (χ3n) is 5.40. The lowest BCUT2D eigenvalue weighted by Crippen LogP contribution is -2.34. The maximum Gasteiger partial charge on any atom is 0.215 e. The number of hydrogen-bond donors (Lipinski definition) is 0. The minimum absolute atomic E-state index is 0.103. The zero-order valence-electron chi connectivity index (χ0n) is 16.0. The van der Waals surface area contributed by atoms with Crippen LogP contribution in [-0.2, 0) is 0 Å². The lowest BCUT2D eigenvalue weighted by atomic mass is 9.96. The Morgan fingerprint density at radius 2 is 1.83 bits per heavy atom. The summed E-state index contributed by atoms with van der Waals surface area (Å²) in [6, 6.07) is 17.4. The molecule has 0 fully saturated rings. The molecule has 30 heavy (non-hydrogen) atoms. The van der Waals surface area contributed by atoms with Crippen molar-refractivity contribution in [1.82, 2.24) is 5.01 Å². The van der Waals surface area contributed by atoms with Gasteiger partial charge in [-0.1, -0.05) is 23.2 Å². The van der Waals surface area contributed by atoms with Gasteiger partial charge in [-0.05, 0) is 66.2 Å². The van der Waals surface area contributed by atoms with Crippen LogP contribution in [0.4, 0.5) is 4.39 Å². The normalized spacial score (nSPS) is 19.6. The molecule has 152 valence electrons. The highest BCUT2D eigenvalue weighted by atomic mass is 35.5. The van der Waals surface area contributed by atoms with Gasteiger partial charge in [-0.15, -0.1) is 0 Å². The zero-order valence-corrected chi connectivity index (χ0v) is 17.5. The molecule has 0 saturated heterocycles. The molecule has 0 spiro atoms. The molecule has 5 rings (SSSR count). The summed E-state index contributed by atoms with van der Waals surface area (Å²) >= 11 is 12.7. The molecule has 2 aliphatic heterocycles. The summed E-state index contributed by atoms with van der Waals surface area (Å²) in [5.74, 6) is 1.09. The second-order valence-electron chi connectivity index (χ2n) is 7.19. The third-order valence-corrected chi connectivity index (χ3v) is 5.98. The molecule has 2 aliphatic rings. The van der Waals surface area contributed by atoms with Crippen molar-refractivity contribution in [2.75, 3.05) is 7.11 Å². The summed E-state index contributed by atoms with van der Waals surface area (Å²) in [5, 5.41) is 7.74. The topological polar surface area (TPSA) is 34.1 Å². The van der Waals surface area contributed by atoms with E-state index in [2.05, 4.69) is 0 Å². The highest BCUT2D eigenvalue weighted by Gasteiger charge is 2.41. The second kappa shape index (κ2) is 7.49. The van der Waals surface area contributed by atoms with Crippen LogP contribution in [0.5, 0.6) is 11.5 Å². The van der Waals surface area contributed by atoms with Crippen molar-refractivity contribution in [1.29, 1.82) is 0 Å². The zero-order chi connectivity index (χ0) is 20.8. The molecule has 4 nitrogen and oxygen atoms in total. The number of methoxy groups -OCH3 is 1. The first-order chi connectivity index (χ1) is 14.5. The van der Waals surface area contributed by atoms with Gasteiger partial charge in [0.1, 0.15) is 17.3 Å². The number of rotatable bonds is 3. The van der Waals surface area contributed by atoms with Crippen LogP contribution in [-0.4, -0.2) is 17.8 Å². The van der Waals surface area contributed by atoms with Crippen LogP contribution in [0, 0.1) is 5.82 Å². The second-order valence-corrected chi connectivity index (χ2v) is 8.04. The summed E-state index contributed by atoms with van der Waals surface area (Å²) in [6.45, 7) is 0. The number of benzene rings is 3. The molecule has 0 aromatic heterocycles. The maximum absolute atomic E-state index is 14.0. The van der Waals surface area contributed by atoms with Crippen molar-refractivity contribution in [3.63, 3.8) is 0 Å². The predicted octanol–water partition coefficient (Wildman–Crippen LogP) is 6.38. The fraction of sp³-hybridized carbons (Fsp3) is 0.174. The van der Waals surface area contributed by atoms with Crippen molar-refractivity contribution < 1.29 is 13.9 Å². The van der Waals surface area contributed by atoms with E-state index in [1.807, 2.05) is 41.4 Å². The van der Waals surface area contributed by atoms with E-state index >= 15 is 0 Å². The van der Waals surface area contributed by atoms with Gasteiger partial charge in [0.15, 0.2) is 0 Å². The summed E-state index contributed by atoms with van der Waals surface area (Å²) in [6.07, 6.45) is 0.00884. The average Bonchev–Trinajstić information content (AvgIpc) is 3.21. The molecule has 3 aromatic rings. The Morgan fingerprint density at radius 3 is 2.60 bits per heavy atom. The molecule has 2 atom stereocenters. The Balaban J connectivity index is 1.61. The highest BCUT2D eigenvalue weighted by molar-refractivity contribution is 6.31. The minimum Gasteiger partial charge on any atom is -0.497 e. The Labute approximate surface area is 183 Å². The molecular formula is C23H17Cl2FN2O2. The Bertz CT molecular complexity index is 1150. The molecule has 0 radical (unpaired) electrons. The van der Waals surface area contributed by atoms with E-state index in [0.29, 0.717) is 27.8 Å². The van der Waals surface area contributed by atoms with Crippen molar-refractivity contribution in [2.24, 2.45) is 5.10 Å². The Hall–Kier alpha value is -2.76. The summed E-state index contributed by atoms with van der Waals surface area (Å²) in [7, 11) is 1.63. The fourth-order valence-corrected chi connectivity index (χ4v) is 4.32. The van der Waals surface area contributed by atoms with Gasteiger partial charge < -0.3 is 9.47 Å². The Morgan fingerprint density at radius 1 is 1.03 bits per heavy atom. The first-order valence-electron chi connectivity index (χ1n) is 9.45. The van der Waals surface area contributed by atoms with Crippen LogP contribution in [0.15, 0.2) is 65.8 Å². The minimum atomic E-state index is -0.650. The van der Waals surface area contributed by atoms with Crippen molar-refractivity contribution in [3.8, 4) is 11.5 Å². The van der Waals surface area contributed by atoms with Gasteiger partial charge in [0.05, 0.1) is 18.9 Å². The monoisotopic (exact) mass is 442 g/mol. The smallest absolute Gasteiger partial charge is 0.215 e. The van der Waals surface area contributed by atoms with Crippen LogP contribution in [0.2, 0.25) is 10.0 Å². The molecular weight excluding hydrogens is 426 g/mol. The van der Waals surface area contributed by atoms with E-state index in [-0.39, 0.29) is 11.9 Å². The quantitative estimate of drug-likeness (QED) is 0.471. The molecule has 0 saturated carbocycles. The average molecular weight is 443 g/mol. The number of ether oxygens (including phenoxy) is 2. The van der Waals surface area contributed by atoms with Crippen LogP contribution in [0.3, 0.4) is 0 Å². The SMILES string of the molecule is COc1ccc(C2=NN3[C@H](C2)c2cc(Cl)ccc2O[C@H]3c2cc(F)ccc2Cl)cc1. The number of halogens is 3. The largest absolute Gasteiger partial charge is 0.497 e. The molecule has 0 bridgehead atoms. The van der Waals surface area contributed by atoms with Crippen LogP contribution in [0.1, 0.15) is 35.4 Å². The van der Waals surface area contributed by atoms with E-state index in [9.17, 15) is 4.39 Å². The predicted molar refractivity (Wildman–Crippen MR) is 115 cm³/mol. The van der Waals surface area contributed by atoms with E-state index in [4.69, 9.17) is 37.8 Å². The fourth-order valence-electron chi connectivity index (χ4n) is 3.93.